The Bertz CT molecular complexity index is 1120. The molecule has 1 amide bonds. The minimum atomic E-state index is -3.66. The highest BCUT2D eigenvalue weighted by Gasteiger charge is 2.14. The molecule has 0 bridgehead atoms. The molecular formula is C23H24N2O5S. The van der Waals surface area contributed by atoms with Crippen LogP contribution in [0.25, 0.3) is 6.08 Å². The zero-order chi connectivity index (χ0) is 22.3. The standard InChI is InChI=1S/C23H24N2O5S/c1-25(17-19-5-10-20(29-2)11-6-19)23(26)14-9-18-7-12-22(13-8-18)31(27,28)24-16-21-4-3-15-30-21/h3-15,24H,16-17H2,1-2H3/b14-9+. The van der Waals surface area contributed by atoms with E-state index in [1.54, 1.807) is 49.4 Å². The normalized spacial score (nSPS) is 11.5. The fourth-order valence-corrected chi connectivity index (χ4v) is 3.79. The summed E-state index contributed by atoms with van der Waals surface area (Å²) in [6.07, 6.45) is 4.60. The van der Waals surface area contributed by atoms with Gasteiger partial charge in [-0.15, -0.1) is 0 Å². The number of methoxy groups -OCH3 is 1. The molecule has 0 radical (unpaired) electrons. The SMILES string of the molecule is COc1ccc(CN(C)C(=O)/C=C/c2ccc(S(=O)(=O)NCc3ccco3)cc2)cc1. The van der Waals surface area contributed by atoms with E-state index in [0.717, 1.165) is 16.9 Å². The lowest BCUT2D eigenvalue weighted by molar-refractivity contribution is -0.125. The molecule has 0 aliphatic rings. The Balaban J connectivity index is 1.56. The van der Waals surface area contributed by atoms with Crippen LogP contribution in [0.2, 0.25) is 0 Å². The average Bonchev–Trinajstić information content (AvgIpc) is 3.31. The van der Waals surface area contributed by atoms with E-state index in [1.807, 2.05) is 24.3 Å². The molecule has 0 atom stereocenters. The number of nitrogens with one attached hydrogen (secondary N) is 1. The van der Waals surface area contributed by atoms with Gasteiger partial charge in [-0.05, 0) is 53.6 Å². The van der Waals surface area contributed by atoms with E-state index in [-0.39, 0.29) is 17.3 Å². The van der Waals surface area contributed by atoms with E-state index in [2.05, 4.69) is 4.72 Å². The lowest BCUT2D eigenvalue weighted by atomic mass is 10.2. The highest BCUT2D eigenvalue weighted by atomic mass is 32.2. The monoisotopic (exact) mass is 440 g/mol. The van der Waals surface area contributed by atoms with Gasteiger partial charge in [-0.25, -0.2) is 13.1 Å². The summed E-state index contributed by atoms with van der Waals surface area (Å²) in [5.41, 5.74) is 1.71. The van der Waals surface area contributed by atoms with E-state index in [4.69, 9.17) is 9.15 Å². The number of furan rings is 1. The van der Waals surface area contributed by atoms with Crippen LogP contribution in [0.3, 0.4) is 0 Å². The predicted molar refractivity (Wildman–Crippen MR) is 118 cm³/mol. The van der Waals surface area contributed by atoms with Crippen molar-refractivity contribution < 1.29 is 22.4 Å². The smallest absolute Gasteiger partial charge is 0.246 e. The Kier molecular flexibility index (Phi) is 7.28. The molecule has 3 aromatic rings. The third kappa shape index (κ3) is 6.31. The molecule has 0 saturated carbocycles. The van der Waals surface area contributed by atoms with Gasteiger partial charge in [-0.2, -0.15) is 0 Å². The number of hydrogen-bond donors (Lipinski definition) is 1. The minimum Gasteiger partial charge on any atom is -0.497 e. The molecule has 0 unspecified atom stereocenters. The molecular weight excluding hydrogens is 416 g/mol. The van der Waals surface area contributed by atoms with Gasteiger partial charge in [0.2, 0.25) is 15.9 Å². The zero-order valence-electron chi connectivity index (χ0n) is 17.3. The van der Waals surface area contributed by atoms with Gasteiger partial charge in [0.05, 0.1) is 24.8 Å². The number of sulfonamides is 1. The minimum absolute atomic E-state index is 0.0754. The van der Waals surface area contributed by atoms with Crippen molar-refractivity contribution in [1.82, 2.24) is 9.62 Å². The third-order valence-electron chi connectivity index (χ3n) is 4.58. The molecule has 8 heteroatoms. The van der Waals surface area contributed by atoms with Crippen molar-refractivity contribution in [2.24, 2.45) is 0 Å². The molecule has 31 heavy (non-hydrogen) atoms. The van der Waals surface area contributed by atoms with Crippen LogP contribution in [0.15, 0.2) is 82.3 Å². The number of carbonyl (C=O) groups excluding carboxylic acids is 1. The molecule has 3 rings (SSSR count). The molecule has 0 spiro atoms. The van der Waals surface area contributed by atoms with Crippen LogP contribution in [0, 0.1) is 0 Å². The fourth-order valence-electron chi connectivity index (χ4n) is 2.80. The number of ether oxygens (including phenoxy) is 1. The van der Waals surface area contributed by atoms with Gasteiger partial charge < -0.3 is 14.1 Å². The summed E-state index contributed by atoms with van der Waals surface area (Å²) in [5.74, 6) is 1.13. The summed E-state index contributed by atoms with van der Waals surface area (Å²) < 4.78 is 37.5. The lowest BCUT2D eigenvalue weighted by Gasteiger charge is -2.15. The lowest BCUT2D eigenvalue weighted by Crippen LogP contribution is -2.24. The third-order valence-corrected chi connectivity index (χ3v) is 6.00. The van der Waals surface area contributed by atoms with Gasteiger partial charge in [0.15, 0.2) is 0 Å². The summed E-state index contributed by atoms with van der Waals surface area (Å²) in [5, 5.41) is 0. The highest BCUT2D eigenvalue weighted by molar-refractivity contribution is 7.89. The Hall–Kier alpha value is -3.36. The molecule has 7 nitrogen and oxygen atoms in total. The first-order valence-electron chi connectivity index (χ1n) is 9.55. The van der Waals surface area contributed by atoms with Crippen molar-refractivity contribution in [1.29, 1.82) is 0 Å². The van der Waals surface area contributed by atoms with Crippen molar-refractivity contribution >= 4 is 22.0 Å². The summed E-state index contributed by atoms with van der Waals surface area (Å²) in [7, 11) is -0.330. The maximum atomic E-state index is 12.4. The average molecular weight is 441 g/mol. The van der Waals surface area contributed by atoms with Crippen LogP contribution >= 0.6 is 0 Å². The fraction of sp³-hybridized carbons (Fsp3) is 0.174. The second kappa shape index (κ2) is 10.1. The first kappa shape index (κ1) is 22.3. The van der Waals surface area contributed by atoms with E-state index in [0.29, 0.717) is 12.3 Å². The van der Waals surface area contributed by atoms with Crippen LogP contribution in [0.5, 0.6) is 5.75 Å². The second-order valence-electron chi connectivity index (χ2n) is 6.85. The van der Waals surface area contributed by atoms with Gasteiger partial charge in [0, 0.05) is 19.7 Å². The van der Waals surface area contributed by atoms with Crippen molar-refractivity contribution in [2.45, 2.75) is 18.0 Å². The van der Waals surface area contributed by atoms with E-state index in [9.17, 15) is 13.2 Å². The Morgan fingerprint density at radius 2 is 1.81 bits per heavy atom. The highest BCUT2D eigenvalue weighted by Crippen LogP contribution is 2.14. The number of benzene rings is 2. The summed E-state index contributed by atoms with van der Waals surface area (Å²) >= 11 is 0. The Labute approximate surface area is 182 Å². The summed E-state index contributed by atoms with van der Waals surface area (Å²) in [4.78, 5) is 14.1. The maximum absolute atomic E-state index is 12.4. The molecule has 1 N–H and O–H groups in total. The second-order valence-corrected chi connectivity index (χ2v) is 8.62. The van der Waals surface area contributed by atoms with E-state index < -0.39 is 10.0 Å². The summed E-state index contributed by atoms with van der Waals surface area (Å²) in [6, 6.07) is 17.2. The van der Waals surface area contributed by atoms with Crippen molar-refractivity contribution in [3.8, 4) is 5.75 Å². The van der Waals surface area contributed by atoms with E-state index >= 15 is 0 Å². The molecule has 162 valence electrons. The quantitative estimate of drug-likeness (QED) is 0.515. The molecule has 1 aromatic heterocycles. The number of carbonyl (C=O) groups is 1. The maximum Gasteiger partial charge on any atom is 0.246 e. The number of nitrogens with zero attached hydrogens (tertiary/aromatic N) is 1. The van der Waals surface area contributed by atoms with Crippen LogP contribution in [0.4, 0.5) is 0 Å². The number of amides is 1. The van der Waals surface area contributed by atoms with Crippen molar-refractivity contribution in [3.63, 3.8) is 0 Å². The Morgan fingerprint density at radius 1 is 1.10 bits per heavy atom. The topological polar surface area (TPSA) is 88.8 Å². The molecule has 0 fully saturated rings. The number of likely N-dealkylation sites (N-methyl/N-ethyl adjacent to an activating group) is 1. The van der Waals surface area contributed by atoms with Crippen LogP contribution < -0.4 is 9.46 Å². The number of rotatable bonds is 9. The van der Waals surface area contributed by atoms with Crippen molar-refractivity contribution in [3.05, 3.63) is 89.9 Å². The summed E-state index contributed by atoms with van der Waals surface area (Å²) in [6.45, 7) is 0.539. The number of hydrogen-bond acceptors (Lipinski definition) is 5. The van der Waals surface area contributed by atoms with Gasteiger partial charge in [-0.1, -0.05) is 24.3 Å². The predicted octanol–water partition coefficient (Wildman–Crippen LogP) is 3.44. The van der Waals surface area contributed by atoms with Crippen LogP contribution in [0.1, 0.15) is 16.9 Å². The molecule has 0 aliphatic carbocycles. The van der Waals surface area contributed by atoms with Gasteiger partial charge >= 0.3 is 0 Å². The zero-order valence-corrected chi connectivity index (χ0v) is 18.1. The van der Waals surface area contributed by atoms with Crippen molar-refractivity contribution in [2.75, 3.05) is 14.2 Å². The van der Waals surface area contributed by atoms with Gasteiger partial charge in [-0.3, -0.25) is 4.79 Å². The van der Waals surface area contributed by atoms with Crippen LogP contribution in [-0.2, 0) is 27.9 Å². The van der Waals surface area contributed by atoms with E-state index in [1.165, 1.54) is 24.5 Å². The van der Waals surface area contributed by atoms with Gasteiger partial charge in [0.1, 0.15) is 11.5 Å². The van der Waals surface area contributed by atoms with Crippen LogP contribution in [-0.4, -0.2) is 33.4 Å². The largest absolute Gasteiger partial charge is 0.497 e. The molecule has 1 heterocycles. The molecule has 0 saturated heterocycles. The molecule has 0 aliphatic heterocycles. The Morgan fingerprint density at radius 3 is 2.42 bits per heavy atom. The first-order valence-corrected chi connectivity index (χ1v) is 11.0. The molecule has 2 aromatic carbocycles. The van der Waals surface area contributed by atoms with Gasteiger partial charge in [0.25, 0.3) is 0 Å². The first-order chi connectivity index (χ1) is 14.9.